The first-order chi connectivity index (χ1) is 8.47. The molecule has 0 unspecified atom stereocenters. The van der Waals surface area contributed by atoms with E-state index in [1.807, 2.05) is 6.92 Å². The molecule has 1 atom stereocenters. The average Bonchev–Trinajstić information content (AvgIpc) is 2.29. The number of primary amides is 1. The van der Waals surface area contributed by atoms with Crippen LogP contribution in [0.2, 0.25) is 0 Å². The minimum atomic E-state index is -1.17. The highest BCUT2D eigenvalue weighted by atomic mass is 16.5. The van der Waals surface area contributed by atoms with E-state index in [1.54, 1.807) is 0 Å². The molecule has 0 spiro atoms. The monoisotopic (exact) mass is 260 g/mol. The van der Waals surface area contributed by atoms with Gasteiger partial charge in [0.1, 0.15) is 6.04 Å². The van der Waals surface area contributed by atoms with Crippen LogP contribution < -0.4 is 11.1 Å². The maximum Gasteiger partial charge on any atom is 0.326 e. The van der Waals surface area contributed by atoms with Gasteiger partial charge in [-0.05, 0) is 19.8 Å². The third kappa shape index (κ3) is 8.51. The molecule has 7 nitrogen and oxygen atoms in total. The Morgan fingerprint density at radius 2 is 2.00 bits per heavy atom. The Balaban J connectivity index is 3.96. The van der Waals surface area contributed by atoms with Crippen LogP contribution in [0.4, 0.5) is 0 Å². The fourth-order valence-electron chi connectivity index (χ4n) is 1.29. The van der Waals surface area contributed by atoms with Crippen molar-refractivity contribution < 1.29 is 24.2 Å². The molecule has 0 radical (unpaired) electrons. The molecular formula is C11H20N2O5. The highest BCUT2D eigenvalue weighted by Gasteiger charge is 2.20. The lowest BCUT2D eigenvalue weighted by atomic mass is 10.1. The molecule has 0 bridgehead atoms. The van der Waals surface area contributed by atoms with E-state index < -0.39 is 17.9 Å². The van der Waals surface area contributed by atoms with E-state index in [2.05, 4.69) is 5.32 Å². The number of rotatable bonds is 10. The first kappa shape index (κ1) is 16.4. The molecule has 18 heavy (non-hydrogen) atoms. The fourth-order valence-corrected chi connectivity index (χ4v) is 1.29. The summed E-state index contributed by atoms with van der Waals surface area (Å²) >= 11 is 0. The zero-order valence-electron chi connectivity index (χ0n) is 10.5. The van der Waals surface area contributed by atoms with E-state index in [1.165, 1.54) is 0 Å². The molecule has 7 heteroatoms. The summed E-state index contributed by atoms with van der Waals surface area (Å²) in [5.41, 5.74) is 4.92. The molecule has 0 aliphatic heterocycles. The zero-order valence-corrected chi connectivity index (χ0v) is 10.5. The van der Waals surface area contributed by atoms with Crippen LogP contribution in [0.3, 0.4) is 0 Å². The van der Waals surface area contributed by atoms with Crippen LogP contribution in [-0.2, 0) is 19.1 Å². The lowest BCUT2D eigenvalue weighted by Gasteiger charge is -2.13. The zero-order chi connectivity index (χ0) is 14.0. The standard InChI is InChI=1S/C11H20N2O5/c1-2-18-7-3-4-10(15)13-8(11(16)17)5-6-9(12)14/h8H,2-7H2,1H3,(H2,12,14)(H,13,15)(H,16,17)/t8-/m1/s1. The van der Waals surface area contributed by atoms with Crippen molar-refractivity contribution in [2.45, 2.75) is 38.6 Å². The summed E-state index contributed by atoms with van der Waals surface area (Å²) in [6.07, 6.45) is 0.653. The van der Waals surface area contributed by atoms with Gasteiger partial charge in [0.2, 0.25) is 11.8 Å². The number of carboxylic acid groups (broad SMARTS) is 1. The average molecular weight is 260 g/mol. The van der Waals surface area contributed by atoms with Crippen LogP contribution in [-0.4, -0.2) is 42.1 Å². The Morgan fingerprint density at radius 1 is 1.33 bits per heavy atom. The van der Waals surface area contributed by atoms with E-state index in [-0.39, 0.29) is 25.2 Å². The summed E-state index contributed by atoms with van der Waals surface area (Å²) in [5.74, 6) is -2.13. The second kappa shape index (κ2) is 9.41. The van der Waals surface area contributed by atoms with Crippen LogP contribution in [0.5, 0.6) is 0 Å². The summed E-state index contributed by atoms with van der Waals surface area (Å²) in [7, 11) is 0. The number of carbonyl (C=O) groups excluding carboxylic acids is 2. The van der Waals surface area contributed by atoms with Gasteiger partial charge in [0.15, 0.2) is 0 Å². The van der Waals surface area contributed by atoms with Gasteiger partial charge in [-0.2, -0.15) is 0 Å². The number of nitrogens with one attached hydrogen (secondary N) is 1. The Hall–Kier alpha value is -1.63. The molecular weight excluding hydrogens is 240 g/mol. The Bertz CT molecular complexity index is 293. The van der Waals surface area contributed by atoms with Gasteiger partial charge < -0.3 is 20.9 Å². The molecule has 0 aliphatic rings. The van der Waals surface area contributed by atoms with E-state index in [0.717, 1.165) is 0 Å². The van der Waals surface area contributed by atoms with Crippen molar-refractivity contribution >= 4 is 17.8 Å². The molecule has 0 aromatic carbocycles. The van der Waals surface area contributed by atoms with Crippen LogP contribution >= 0.6 is 0 Å². The van der Waals surface area contributed by atoms with Gasteiger partial charge in [-0.1, -0.05) is 0 Å². The fraction of sp³-hybridized carbons (Fsp3) is 0.727. The number of carbonyl (C=O) groups is 3. The van der Waals surface area contributed by atoms with Crippen molar-refractivity contribution in [1.29, 1.82) is 0 Å². The largest absolute Gasteiger partial charge is 0.480 e. The third-order valence-electron chi connectivity index (χ3n) is 2.21. The van der Waals surface area contributed by atoms with E-state index in [0.29, 0.717) is 19.6 Å². The number of hydrogen-bond donors (Lipinski definition) is 3. The Morgan fingerprint density at radius 3 is 2.50 bits per heavy atom. The molecule has 0 fully saturated rings. The molecule has 0 aliphatic carbocycles. The highest BCUT2D eigenvalue weighted by molar-refractivity contribution is 5.84. The van der Waals surface area contributed by atoms with E-state index >= 15 is 0 Å². The molecule has 104 valence electrons. The van der Waals surface area contributed by atoms with Gasteiger partial charge in [0.25, 0.3) is 0 Å². The van der Waals surface area contributed by atoms with Crippen LogP contribution in [0.25, 0.3) is 0 Å². The minimum absolute atomic E-state index is 0.00185. The SMILES string of the molecule is CCOCCCC(=O)N[C@H](CCC(N)=O)C(=O)O. The maximum absolute atomic E-state index is 11.4. The Kier molecular flexibility index (Phi) is 8.55. The van der Waals surface area contributed by atoms with Crippen molar-refractivity contribution in [2.75, 3.05) is 13.2 Å². The number of nitrogens with two attached hydrogens (primary N) is 1. The molecule has 0 saturated carbocycles. The summed E-state index contributed by atoms with van der Waals surface area (Å²) in [6.45, 7) is 2.89. The summed E-state index contributed by atoms with van der Waals surface area (Å²) in [6, 6.07) is -1.07. The predicted octanol–water partition coefficient (Wildman–Crippen LogP) is -0.362. The number of ether oxygens (including phenoxy) is 1. The van der Waals surface area contributed by atoms with Crippen molar-refractivity contribution in [2.24, 2.45) is 5.73 Å². The first-order valence-electron chi connectivity index (χ1n) is 5.85. The van der Waals surface area contributed by atoms with Gasteiger partial charge in [0.05, 0.1) is 0 Å². The molecule has 0 aromatic heterocycles. The second-order valence-electron chi connectivity index (χ2n) is 3.76. The van der Waals surface area contributed by atoms with Crippen molar-refractivity contribution in [1.82, 2.24) is 5.32 Å². The van der Waals surface area contributed by atoms with Gasteiger partial charge in [-0.25, -0.2) is 4.79 Å². The molecule has 2 amide bonds. The van der Waals surface area contributed by atoms with Crippen molar-refractivity contribution in [3.63, 3.8) is 0 Å². The van der Waals surface area contributed by atoms with Crippen molar-refractivity contribution in [3.05, 3.63) is 0 Å². The second-order valence-corrected chi connectivity index (χ2v) is 3.76. The summed E-state index contributed by atoms with van der Waals surface area (Å²) in [5, 5.41) is 11.2. The van der Waals surface area contributed by atoms with E-state index in [4.69, 9.17) is 15.6 Å². The predicted molar refractivity (Wildman–Crippen MR) is 63.7 cm³/mol. The number of amides is 2. The number of aliphatic carboxylic acids is 1. The molecule has 0 aromatic rings. The first-order valence-corrected chi connectivity index (χ1v) is 5.85. The molecule has 4 N–H and O–H groups in total. The van der Waals surface area contributed by atoms with Gasteiger partial charge >= 0.3 is 5.97 Å². The highest BCUT2D eigenvalue weighted by Crippen LogP contribution is 1.99. The van der Waals surface area contributed by atoms with Crippen LogP contribution in [0.15, 0.2) is 0 Å². The van der Waals surface area contributed by atoms with E-state index in [9.17, 15) is 14.4 Å². The van der Waals surface area contributed by atoms with Crippen LogP contribution in [0.1, 0.15) is 32.6 Å². The topological polar surface area (TPSA) is 119 Å². The lowest BCUT2D eigenvalue weighted by Crippen LogP contribution is -2.41. The lowest BCUT2D eigenvalue weighted by molar-refractivity contribution is -0.142. The maximum atomic E-state index is 11.4. The Labute approximate surface area is 106 Å². The normalized spacial score (nSPS) is 11.8. The minimum Gasteiger partial charge on any atom is -0.480 e. The van der Waals surface area contributed by atoms with Crippen LogP contribution in [0, 0.1) is 0 Å². The summed E-state index contributed by atoms with van der Waals surface area (Å²) < 4.78 is 5.06. The van der Waals surface area contributed by atoms with Crippen molar-refractivity contribution in [3.8, 4) is 0 Å². The van der Waals surface area contributed by atoms with Gasteiger partial charge in [0, 0.05) is 26.1 Å². The summed E-state index contributed by atoms with van der Waals surface area (Å²) in [4.78, 5) is 32.8. The smallest absolute Gasteiger partial charge is 0.326 e. The van der Waals surface area contributed by atoms with Gasteiger partial charge in [-0.15, -0.1) is 0 Å². The molecule has 0 saturated heterocycles. The molecule has 0 heterocycles. The third-order valence-corrected chi connectivity index (χ3v) is 2.21. The quantitative estimate of drug-likeness (QED) is 0.463. The number of carboxylic acids is 1. The number of hydrogen-bond acceptors (Lipinski definition) is 4. The molecule has 0 rings (SSSR count). The van der Waals surface area contributed by atoms with Gasteiger partial charge in [-0.3, -0.25) is 9.59 Å².